The maximum Gasteiger partial charge on any atom is 0.281 e. The van der Waals surface area contributed by atoms with E-state index < -0.39 is 5.91 Å². The zero-order valence-corrected chi connectivity index (χ0v) is 18.3. The number of carbonyl (C=O) groups is 2. The first-order chi connectivity index (χ1) is 15.9. The molecule has 3 heterocycles. The van der Waals surface area contributed by atoms with Crippen LogP contribution in [0.3, 0.4) is 0 Å². The molecule has 3 aromatic rings. The Morgan fingerprint density at radius 1 is 1.15 bits per heavy atom. The molecule has 0 saturated heterocycles. The van der Waals surface area contributed by atoms with Gasteiger partial charge in [-0.05, 0) is 36.8 Å². The predicted octanol–water partition coefficient (Wildman–Crippen LogP) is 3.10. The zero-order valence-electron chi connectivity index (χ0n) is 18.3. The fourth-order valence-electron chi connectivity index (χ4n) is 3.18. The second kappa shape index (κ2) is 8.95. The van der Waals surface area contributed by atoms with Crippen LogP contribution in [0.2, 0.25) is 0 Å². The van der Waals surface area contributed by atoms with Crippen LogP contribution in [0.15, 0.2) is 69.2 Å². The molecule has 4 rings (SSSR count). The Morgan fingerprint density at radius 2 is 1.94 bits per heavy atom. The minimum absolute atomic E-state index is 0.0177. The van der Waals surface area contributed by atoms with Crippen LogP contribution in [0.25, 0.3) is 11.5 Å². The van der Waals surface area contributed by atoms with Gasteiger partial charge < -0.3 is 19.2 Å². The Labute approximate surface area is 189 Å². The lowest BCUT2D eigenvalue weighted by Crippen LogP contribution is -2.25. The molecule has 10 nitrogen and oxygen atoms in total. The first-order valence-corrected chi connectivity index (χ1v) is 9.92. The van der Waals surface area contributed by atoms with E-state index in [1.54, 1.807) is 50.4 Å². The van der Waals surface area contributed by atoms with Crippen molar-refractivity contribution in [2.24, 2.45) is 9.98 Å². The van der Waals surface area contributed by atoms with E-state index in [1.165, 1.54) is 18.1 Å². The van der Waals surface area contributed by atoms with E-state index in [0.717, 1.165) is 5.56 Å². The van der Waals surface area contributed by atoms with Gasteiger partial charge in [0.05, 0.1) is 38.2 Å². The normalized spacial score (nSPS) is 13.4. The van der Waals surface area contributed by atoms with Crippen LogP contribution >= 0.6 is 0 Å². The first kappa shape index (κ1) is 21.8. The van der Waals surface area contributed by atoms with Gasteiger partial charge in [-0.15, -0.1) is 0 Å². The summed E-state index contributed by atoms with van der Waals surface area (Å²) >= 11 is 0. The summed E-state index contributed by atoms with van der Waals surface area (Å²) in [6.45, 7) is 5.33. The second-order valence-corrected chi connectivity index (χ2v) is 7.11. The van der Waals surface area contributed by atoms with Crippen molar-refractivity contribution in [3.05, 3.63) is 60.4 Å². The fourth-order valence-corrected chi connectivity index (χ4v) is 3.18. The first-order valence-electron chi connectivity index (χ1n) is 9.92. The highest BCUT2D eigenvalue weighted by atomic mass is 16.5. The highest BCUT2D eigenvalue weighted by molar-refractivity contribution is 6.27. The number of furan rings is 1. The summed E-state index contributed by atoms with van der Waals surface area (Å²) in [5.41, 5.74) is 1.78. The van der Waals surface area contributed by atoms with Crippen molar-refractivity contribution >= 4 is 29.3 Å². The van der Waals surface area contributed by atoms with Crippen LogP contribution in [0, 0.1) is 0 Å². The Bertz CT molecular complexity index is 1300. The fraction of sp³-hybridized carbons (Fsp3) is 0.174. The minimum Gasteiger partial charge on any atom is -0.493 e. The van der Waals surface area contributed by atoms with Crippen molar-refractivity contribution < 1.29 is 23.5 Å². The molecular formula is C23H21N5O5. The molecule has 0 atom stereocenters. The summed E-state index contributed by atoms with van der Waals surface area (Å²) in [6.07, 6.45) is 1.57. The van der Waals surface area contributed by atoms with E-state index in [2.05, 4.69) is 27.0 Å². The van der Waals surface area contributed by atoms with Crippen molar-refractivity contribution in [2.75, 3.05) is 19.5 Å². The average Bonchev–Trinajstić information content (AvgIpc) is 3.47. The molecule has 168 valence electrons. The molecule has 0 unspecified atom stereocenters. The Balaban J connectivity index is 1.64. The van der Waals surface area contributed by atoms with Gasteiger partial charge in [0, 0.05) is 6.07 Å². The molecule has 0 fully saturated rings. The van der Waals surface area contributed by atoms with Gasteiger partial charge in [0.15, 0.2) is 17.3 Å². The molecule has 2 aromatic heterocycles. The summed E-state index contributed by atoms with van der Waals surface area (Å²) in [5, 5.41) is 7.24. The maximum absolute atomic E-state index is 12.8. The summed E-state index contributed by atoms with van der Waals surface area (Å²) in [4.78, 5) is 33.3. The SMILES string of the molecule is C=C1C(=O)N=C(n2nc(-c3ccco3)cc2NC(=O)Cc2ccc(OC)c(OC)c2)N=C1C. The highest BCUT2D eigenvalue weighted by Crippen LogP contribution is 2.28. The van der Waals surface area contributed by atoms with E-state index in [-0.39, 0.29) is 29.7 Å². The lowest BCUT2D eigenvalue weighted by atomic mass is 10.1. The number of hydrogen-bond acceptors (Lipinski definition) is 7. The predicted molar refractivity (Wildman–Crippen MR) is 122 cm³/mol. The van der Waals surface area contributed by atoms with Crippen LogP contribution in [0.4, 0.5) is 5.82 Å². The van der Waals surface area contributed by atoms with Gasteiger partial charge in [-0.2, -0.15) is 14.8 Å². The summed E-state index contributed by atoms with van der Waals surface area (Å²) in [5.74, 6) is 1.03. The molecule has 1 aliphatic heterocycles. The molecule has 1 N–H and O–H groups in total. The molecule has 0 aliphatic carbocycles. The monoisotopic (exact) mass is 447 g/mol. The molecule has 1 aromatic carbocycles. The standard InChI is InChI=1S/C23H21N5O5/c1-13-14(2)24-23(26-22(13)30)28-20(12-16(27-28)17-6-5-9-33-17)25-21(29)11-15-7-8-18(31-3)19(10-15)32-4/h5-10,12H,1,11H2,2-4H3,(H,25,29). The van der Waals surface area contributed by atoms with Crippen LogP contribution in [-0.2, 0) is 16.0 Å². The van der Waals surface area contributed by atoms with E-state index >= 15 is 0 Å². The minimum atomic E-state index is -0.518. The second-order valence-electron chi connectivity index (χ2n) is 7.11. The number of amides is 2. The molecule has 2 amide bonds. The third-order valence-electron chi connectivity index (χ3n) is 4.92. The van der Waals surface area contributed by atoms with Crippen molar-refractivity contribution in [1.29, 1.82) is 0 Å². The van der Waals surface area contributed by atoms with Gasteiger partial charge in [0.1, 0.15) is 11.5 Å². The Kier molecular flexibility index (Phi) is 5.90. The highest BCUT2D eigenvalue weighted by Gasteiger charge is 2.23. The molecule has 0 bridgehead atoms. The number of aliphatic imine (C=N–C) groups is 2. The van der Waals surface area contributed by atoms with E-state index in [0.29, 0.717) is 28.7 Å². The number of methoxy groups -OCH3 is 2. The smallest absolute Gasteiger partial charge is 0.281 e. The number of nitrogens with one attached hydrogen (secondary N) is 1. The average molecular weight is 447 g/mol. The van der Waals surface area contributed by atoms with Crippen molar-refractivity contribution in [2.45, 2.75) is 13.3 Å². The lowest BCUT2D eigenvalue weighted by molar-refractivity contribution is -0.115. The van der Waals surface area contributed by atoms with Crippen LogP contribution in [0.1, 0.15) is 12.5 Å². The maximum atomic E-state index is 12.8. The number of hydrogen-bond donors (Lipinski definition) is 1. The third kappa shape index (κ3) is 4.45. The largest absolute Gasteiger partial charge is 0.493 e. The molecule has 33 heavy (non-hydrogen) atoms. The number of carbonyl (C=O) groups excluding carboxylic acids is 2. The van der Waals surface area contributed by atoms with Gasteiger partial charge >= 0.3 is 0 Å². The number of anilines is 1. The molecule has 10 heteroatoms. The van der Waals surface area contributed by atoms with Crippen molar-refractivity contribution in [3.63, 3.8) is 0 Å². The summed E-state index contributed by atoms with van der Waals surface area (Å²) in [7, 11) is 3.07. The molecule has 0 spiro atoms. The Morgan fingerprint density at radius 3 is 2.61 bits per heavy atom. The number of rotatable bonds is 6. The quantitative estimate of drug-likeness (QED) is 0.580. The zero-order chi connectivity index (χ0) is 23.5. The van der Waals surface area contributed by atoms with Crippen molar-refractivity contribution in [3.8, 4) is 23.0 Å². The number of ether oxygens (including phenoxy) is 2. The number of aromatic nitrogens is 2. The molecular weight excluding hydrogens is 426 g/mol. The summed E-state index contributed by atoms with van der Waals surface area (Å²) in [6, 6.07) is 10.3. The van der Waals surface area contributed by atoms with E-state index in [4.69, 9.17) is 13.9 Å². The topological polar surface area (TPSA) is 120 Å². The molecule has 1 aliphatic rings. The Hall–Kier alpha value is -4.47. The number of nitrogens with zero attached hydrogens (tertiary/aromatic N) is 4. The molecule has 0 radical (unpaired) electrons. The van der Waals surface area contributed by atoms with E-state index in [9.17, 15) is 9.59 Å². The van der Waals surface area contributed by atoms with Crippen LogP contribution in [-0.4, -0.2) is 47.5 Å². The van der Waals surface area contributed by atoms with Gasteiger partial charge in [-0.3, -0.25) is 9.59 Å². The van der Waals surface area contributed by atoms with Crippen LogP contribution in [0.5, 0.6) is 11.5 Å². The van der Waals surface area contributed by atoms with Gasteiger partial charge in [-0.1, -0.05) is 12.6 Å². The van der Waals surface area contributed by atoms with Gasteiger partial charge in [0.25, 0.3) is 11.9 Å². The summed E-state index contributed by atoms with van der Waals surface area (Å²) < 4.78 is 17.2. The molecule has 0 saturated carbocycles. The van der Waals surface area contributed by atoms with E-state index in [1.807, 2.05) is 0 Å². The van der Waals surface area contributed by atoms with Gasteiger partial charge in [0.2, 0.25) is 5.91 Å². The third-order valence-corrected chi connectivity index (χ3v) is 4.92. The van der Waals surface area contributed by atoms with Crippen molar-refractivity contribution in [1.82, 2.24) is 9.78 Å². The van der Waals surface area contributed by atoms with Gasteiger partial charge in [-0.25, -0.2) is 4.99 Å². The number of benzene rings is 1. The lowest BCUT2D eigenvalue weighted by Gasteiger charge is -2.13. The van der Waals surface area contributed by atoms with Crippen LogP contribution < -0.4 is 14.8 Å².